The molecule has 0 aliphatic heterocycles. The van der Waals surface area contributed by atoms with Gasteiger partial charge in [0, 0.05) is 12.8 Å². The minimum atomic E-state index is -1.50. The molecule has 0 rings (SSSR count). The maximum atomic E-state index is 12.9. The molecule has 422 valence electrons. The van der Waals surface area contributed by atoms with Crippen molar-refractivity contribution in [2.24, 2.45) is 0 Å². The van der Waals surface area contributed by atoms with Gasteiger partial charge in [-0.05, 0) is 12.8 Å². The Labute approximate surface area is 441 Å². The van der Waals surface area contributed by atoms with Crippen LogP contribution < -0.4 is 0 Å². The van der Waals surface area contributed by atoms with E-state index >= 15 is 0 Å². The van der Waals surface area contributed by atoms with E-state index in [0.29, 0.717) is 17.4 Å². The molecule has 0 aromatic carbocycles. The van der Waals surface area contributed by atoms with Crippen molar-refractivity contribution >= 4 is 17.9 Å². The predicted molar refractivity (Wildman–Crippen MR) is 300 cm³/mol. The fourth-order valence-electron chi connectivity index (χ4n) is 9.55. The number of carboxylic acids is 1. The SMILES string of the molecule is CCCCCCCCCCCCCCCCCCCCCCCCCCCCCCCCCCCCC(=O)OC(COC(=O)CCCCCCCCCCCCCC)COC(OCC[N+](C)(C)C)C(=O)O. The van der Waals surface area contributed by atoms with Crippen LogP contribution in [0.5, 0.6) is 0 Å². The van der Waals surface area contributed by atoms with Crippen molar-refractivity contribution in [3.63, 3.8) is 0 Å². The molecule has 0 aromatic rings. The van der Waals surface area contributed by atoms with Crippen LogP contribution in [0, 0.1) is 0 Å². The highest BCUT2D eigenvalue weighted by molar-refractivity contribution is 5.71. The lowest BCUT2D eigenvalue weighted by Gasteiger charge is -2.25. The fourth-order valence-corrected chi connectivity index (χ4v) is 9.55. The first-order valence-electron chi connectivity index (χ1n) is 31.2. The van der Waals surface area contributed by atoms with Crippen molar-refractivity contribution in [2.75, 3.05) is 47.5 Å². The first-order valence-corrected chi connectivity index (χ1v) is 31.2. The summed E-state index contributed by atoms with van der Waals surface area (Å²) >= 11 is 0. The number of carboxylic acid groups (broad SMARTS) is 1. The van der Waals surface area contributed by atoms with E-state index < -0.39 is 18.4 Å². The van der Waals surface area contributed by atoms with Gasteiger partial charge in [-0.3, -0.25) is 9.59 Å². The van der Waals surface area contributed by atoms with E-state index in [1.165, 1.54) is 257 Å². The average molecular weight is 1010 g/mol. The molecule has 71 heavy (non-hydrogen) atoms. The molecule has 0 spiro atoms. The maximum absolute atomic E-state index is 12.9. The van der Waals surface area contributed by atoms with Crippen molar-refractivity contribution in [1.82, 2.24) is 0 Å². The van der Waals surface area contributed by atoms with Crippen LogP contribution in [-0.4, -0.2) is 87.4 Å². The third-order valence-corrected chi connectivity index (χ3v) is 14.4. The molecule has 0 heterocycles. The summed E-state index contributed by atoms with van der Waals surface area (Å²) in [6.07, 6.45) is 59.3. The average Bonchev–Trinajstić information content (AvgIpc) is 3.34. The molecule has 0 aromatic heterocycles. The summed E-state index contributed by atoms with van der Waals surface area (Å²) in [5, 5.41) is 9.69. The standard InChI is InChI=1S/C62H121NO8/c1-6-8-10-12-14-16-18-20-21-22-23-24-25-26-27-28-29-30-31-32-33-34-35-36-37-38-39-40-41-43-45-47-49-51-53-60(65)71-58(57-70-62(61(66)67)68-55-54-63(3,4)5)56-69-59(64)52-50-48-46-44-42-19-17-15-13-11-9-7-2/h58,62H,6-57H2,1-5H3/p+1. The summed E-state index contributed by atoms with van der Waals surface area (Å²) in [5.74, 6) is -1.98. The predicted octanol–water partition coefficient (Wildman–Crippen LogP) is 18.4. The molecule has 0 bridgehead atoms. The van der Waals surface area contributed by atoms with Crippen LogP contribution in [0.3, 0.4) is 0 Å². The number of ether oxygens (including phenoxy) is 4. The Kier molecular flexibility index (Phi) is 53.2. The largest absolute Gasteiger partial charge is 0.477 e. The minimum absolute atomic E-state index is 0.173. The third kappa shape index (κ3) is 55.9. The van der Waals surface area contributed by atoms with Crippen LogP contribution in [0.25, 0.3) is 0 Å². The molecule has 0 aliphatic rings. The molecule has 0 saturated heterocycles. The van der Waals surface area contributed by atoms with Crippen LogP contribution in [0.2, 0.25) is 0 Å². The lowest BCUT2D eigenvalue weighted by Crippen LogP contribution is -2.40. The second-order valence-electron chi connectivity index (χ2n) is 22.7. The molecular weight excluding hydrogens is 887 g/mol. The lowest BCUT2D eigenvalue weighted by atomic mass is 10.0. The Morgan fingerprint density at radius 3 is 0.901 bits per heavy atom. The van der Waals surface area contributed by atoms with E-state index in [2.05, 4.69) is 13.8 Å². The number of aliphatic carboxylic acids is 1. The van der Waals surface area contributed by atoms with Gasteiger partial charge < -0.3 is 28.5 Å². The monoisotopic (exact) mass is 1010 g/mol. The number of nitrogens with zero attached hydrogens (tertiary/aromatic N) is 1. The zero-order chi connectivity index (χ0) is 52.0. The highest BCUT2D eigenvalue weighted by atomic mass is 16.7. The zero-order valence-electron chi connectivity index (χ0n) is 48.2. The van der Waals surface area contributed by atoms with Gasteiger partial charge in [-0.1, -0.05) is 296 Å². The number of unbranched alkanes of at least 4 members (excludes halogenated alkanes) is 44. The summed E-state index contributed by atoms with van der Waals surface area (Å²) in [7, 11) is 5.98. The molecule has 1 N–H and O–H groups in total. The van der Waals surface area contributed by atoms with Crippen LogP contribution in [0.4, 0.5) is 0 Å². The number of esters is 2. The van der Waals surface area contributed by atoms with Gasteiger partial charge in [0.05, 0.1) is 34.4 Å². The summed E-state index contributed by atoms with van der Waals surface area (Å²) in [5.41, 5.74) is 0. The molecule has 0 saturated carbocycles. The second kappa shape index (κ2) is 54.5. The van der Waals surface area contributed by atoms with E-state index in [9.17, 15) is 19.5 Å². The van der Waals surface area contributed by atoms with Crippen LogP contribution >= 0.6 is 0 Å². The number of carbonyl (C=O) groups excluding carboxylic acids is 2. The van der Waals surface area contributed by atoms with Gasteiger partial charge in [0.25, 0.3) is 6.29 Å². The van der Waals surface area contributed by atoms with Gasteiger partial charge in [-0.15, -0.1) is 0 Å². The van der Waals surface area contributed by atoms with Gasteiger partial charge >= 0.3 is 17.9 Å². The number of likely N-dealkylation sites (N-methyl/N-ethyl adjacent to an activating group) is 1. The van der Waals surface area contributed by atoms with Crippen LogP contribution in [0.15, 0.2) is 0 Å². The van der Waals surface area contributed by atoms with E-state index in [1.54, 1.807) is 0 Å². The van der Waals surface area contributed by atoms with Crippen molar-refractivity contribution < 1.29 is 42.9 Å². The molecule has 0 aliphatic carbocycles. The molecular formula is C62H122NO8+. The van der Waals surface area contributed by atoms with E-state index in [-0.39, 0.29) is 38.2 Å². The first kappa shape index (κ1) is 69.3. The minimum Gasteiger partial charge on any atom is -0.477 e. The third-order valence-electron chi connectivity index (χ3n) is 14.4. The van der Waals surface area contributed by atoms with E-state index in [1.807, 2.05) is 21.1 Å². The van der Waals surface area contributed by atoms with Gasteiger partial charge in [0.15, 0.2) is 6.10 Å². The molecule has 0 radical (unpaired) electrons. The number of carbonyl (C=O) groups is 3. The molecule has 2 atom stereocenters. The van der Waals surface area contributed by atoms with Gasteiger partial charge in [-0.25, -0.2) is 4.79 Å². The highest BCUT2D eigenvalue weighted by Gasteiger charge is 2.25. The van der Waals surface area contributed by atoms with Crippen LogP contribution in [0.1, 0.15) is 322 Å². The summed E-state index contributed by atoms with van der Waals surface area (Å²) < 4.78 is 22.9. The van der Waals surface area contributed by atoms with Crippen molar-refractivity contribution in [2.45, 2.75) is 334 Å². The van der Waals surface area contributed by atoms with Crippen LogP contribution in [-0.2, 0) is 33.3 Å². The first-order chi connectivity index (χ1) is 34.6. The quantitative estimate of drug-likeness (QED) is 0.0278. The smallest absolute Gasteiger partial charge is 0.361 e. The Morgan fingerprint density at radius 1 is 0.366 bits per heavy atom. The normalized spacial score (nSPS) is 12.6. The second-order valence-corrected chi connectivity index (χ2v) is 22.7. The number of hydrogen-bond acceptors (Lipinski definition) is 7. The van der Waals surface area contributed by atoms with Gasteiger partial charge in [-0.2, -0.15) is 0 Å². The Morgan fingerprint density at radius 2 is 0.634 bits per heavy atom. The molecule has 2 unspecified atom stereocenters. The van der Waals surface area contributed by atoms with E-state index in [4.69, 9.17) is 18.9 Å². The van der Waals surface area contributed by atoms with Gasteiger partial charge in [0.1, 0.15) is 13.2 Å². The molecule has 0 fully saturated rings. The van der Waals surface area contributed by atoms with Crippen molar-refractivity contribution in [1.29, 1.82) is 0 Å². The lowest BCUT2D eigenvalue weighted by molar-refractivity contribution is -0.870. The Hall–Kier alpha value is -1.71. The Bertz CT molecular complexity index is 1130. The number of rotatable bonds is 59. The highest BCUT2D eigenvalue weighted by Crippen LogP contribution is 2.19. The molecule has 0 amide bonds. The zero-order valence-corrected chi connectivity index (χ0v) is 48.2. The Balaban J connectivity index is 3.95. The molecule has 9 nitrogen and oxygen atoms in total. The fraction of sp³-hybridized carbons (Fsp3) is 0.952. The van der Waals surface area contributed by atoms with Crippen molar-refractivity contribution in [3.05, 3.63) is 0 Å². The van der Waals surface area contributed by atoms with Crippen molar-refractivity contribution in [3.8, 4) is 0 Å². The summed E-state index contributed by atoms with van der Waals surface area (Å²) in [6, 6.07) is 0. The van der Waals surface area contributed by atoms with Gasteiger partial charge in [0.2, 0.25) is 0 Å². The number of hydrogen-bond donors (Lipinski definition) is 1. The number of quaternary nitrogens is 1. The summed E-state index contributed by atoms with van der Waals surface area (Å²) in [4.78, 5) is 37.3. The topological polar surface area (TPSA) is 108 Å². The van der Waals surface area contributed by atoms with E-state index in [0.717, 1.165) is 38.5 Å². The maximum Gasteiger partial charge on any atom is 0.361 e. The summed E-state index contributed by atoms with van der Waals surface area (Å²) in [6.45, 7) is 4.93. The molecule has 9 heteroatoms.